The van der Waals surface area contributed by atoms with Crippen LogP contribution in [-0.4, -0.2) is 6.10 Å². The highest BCUT2D eigenvalue weighted by Gasteiger charge is 2.26. The van der Waals surface area contributed by atoms with Crippen molar-refractivity contribution < 1.29 is 26.7 Å². The Balaban J connectivity index is 1.81. The van der Waals surface area contributed by atoms with Crippen molar-refractivity contribution in [2.24, 2.45) is 0 Å². The average Bonchev–Trinajstić information content (AvgIpc) is 3.13. The molecule has 3 rings (SSSR count). The number of halogens is 5. The number of hydrogen-bond donors (Lipinski definition) is 0. The Labute approximate surface area is 154 Å². The van der Waals surface area contributed by atoms with Gasteiger partial charge in [-0.3, -0.25) is 0 Å². The van der Waals surface area contributed by atoms with Gasteiger partial charge in [-0.05, 0) is 37.0 Å². The lowest BCUT2D eigenvalue weighted by Gasteiger charge is -2.14. The third-order valence-electron chi connectivity index (χ3n) is 4.68. The summed E-state index contributed by atoms with van der Waals surface area (Å²) < 4.78 is 74.0. The molecule has 1 aliphatic rings. The second-order valence-electron chi connectivity index (χ2n) is 6.62. The van der Waals surface area contributed by atoms with E-state index in [0.29, 0.717) is 12.1 Å². The zero-order chi connectivity index (χ0) is 19.6. The van der Waals surface area contributed by atoms with Crippen LogP contribution in [0.5, 0.6) is 0 Å². The van der Waals surface area contributed by atoms with Gasteiger partial charge in [-0.1, -0.05) is 37.6 Å². The van der Waals surface area contributed by atoms with Gasteiger partial charge < -0.3 is 4.74 Å². The molecule has 1 heterocycles. The topological polar surface area (TPSA) is 9.23 Å². The lowest BCUT2D eigenvalue weighted by Crippen LogP contribution is -2.05. The number of rotatable bonds is 5. The highest BCUT2D eigenvalue weighted by Crippen LogP contribution is 2.36. The highest BCUT2D eigenvalue weighted by atomic mass is 19.2. The monoisotopic (exact) mass is 382 g/mol. The molecule has 144 valence electrons. The van der Waals surface area contributed by atoms with E-state index in [9.17, 15) is 22.0 Å². The standard InChI is InChI=1S/C21H19F5O/c1-2-3-15-8-9-18(27-15)12-4-6-13(7-5-12)19(24)20(25)14-10-16(22)21(26)17(23)11-14/h4-7,10-11,15,18H,2-3,8-9H2,1H3. The summed E-state index contributed by atoms with van der Waals surface area (Å²) in [5.74, 6) is -7.62. The zero-order valence-corrected chi connectivity index (χ0v) is 14.7. The lowest BCUT2D eigenvalue weighted by atomic mass is 10.0. The summed E-state index contributed by atoms with van der Waals surface area (Å²) in [6.07, 6.45) is 4.00. The predicted molar refractivity (Wildman–Crippen MR) is 93.5 cm³/mol. The Morgan fingerprint density at radius 2 is 1.52 bits per heavy atom. The van der Waals surface area contributed by atoms with Gasteiger partial charge in [0.1, 0.15) is 0 Å². The molecule has 2 unspecified atom stereocenters. The SMILES string of the molecule is CCCC1CCC(c2ccc(C(F)=C(F)c3cc(F)c(F)c(F)c3)cc2)O1. The van der Waals surface area contributed by atoms with Gasteiger partial charge >= 0.3 is 0 Å². The average molecular weight is 382 g/mol. The van der Waals surface area contributed by atoms with Crippen molar-refractivity contribution in [3.05, 3.63) is 70.5 Å². The summed E-state index contributed by atoms with van der Waals surface area (Å²) in [6, 6.07) is 6.90. The van der Waals surface area contributed by atoms with Gasteiger partial charge in [-0.2, -0.15) is 0 Å². The van der Waals surface area contributed by atoms with Gasteiger partial charge in [-0.15, -0.1) is 0 Å². The molecule has 0 spiro atoms. The van der Waals surface area contributed by atoms with E-state index < -0.39 is 34.7 Å². The molecule has 2 aromatic carbocycles. The molecule has 0 radical (unpaired) electrons. The second kappa shape index (κ2) is 8.21. The number of benzene rings is 2. The van der Waals surface area contributed by atoms with E-state index in [1.54, 1.807) is 12.1 Å². The third kappa shape index (κ3) is 4.21. The van der Waals surface area contributed by atoms with Crippen LogP contribution in [0.25, 0.3) is 11.7 Å². The molecule has 0 aliphatic carbocycles. The fraction of sp³-hybridized carbons (Fsp3) is 0.333. The first-order chi connectivity index (χ1) is 12.9. The van der Waals surface area contributed by atoms with E-state index in [1.165, 1.54) is 12.1 Å². The summed E-state index contributed by atoms with van der Waals surface area (Å²) >= 11 is 0. The third-order valence-corrected chi connectivity index (χ3v) is 4.68. The van der Waals surface area contributed by atoms with Gasteiger partial charge in [-0.25, -0.2) is 22.0 Å². The summed E-state index contributed by atoms with van der Waals surface area (Å²) in [6.45, 7) is 2.09. The van der Waals surface area contributed by atoms with Crippen molar-refractivity contribution >= 4 is 11.7 Å². The second-order valence-corrected chi connectivity index (χ2v) is 6.62. The van der Waals surface area contributed by atoms with Gasteiger partial charge in [0.2, 0.25) is 0 Å². The maximum atomic E-state index is 14.4. The van der Waals surface area contributed by atoms with Crippen LogP contribution in [0.3, 0.4) is 0 Å². The van der Waals surface area contributed by atoms with E-state index in [0.717, 1.165) is 31.2 Å². The molecular formula is C21H19F5O. The van der Waals surface area contributed by atoms with E-state index in [2.05, 4.69) is 6.92 Å². The quantitative estimate of drug-likeness (QED) is 0.311. The molecule has 2 atom stereocenters. The minimum Gasteiger partial charge on any atom is -0.370 e. The van der Waals surface area contributed by atoms with Crippen LogP contribution in [0.15, 0.2) is 36.4 Å². The van der Waals surface area contributed by atoms with Crippen LogP contribution >= 0.6 is 0 Å². The molecule has 1 saturated heterocycles. The van der Waals surface area contributed by atoms with Gasteiger partial charge in [0.25, 0.3) is 0 Å². The molecule has 0 saturated carbocycles. The van der Waals surface area contributed by atoms with Crippen LogP contribution < -0.4 is 0 Å². The minimum absolute atomic E-state index is 0.0761. The molecule has 1 fully saturated rings. The summed E-state index contributed by atoms with van der Waals surface area (Å²) in [5, 5.41) is 0. The van der Waals surface area contributed by atoms with Gasteiger partial charge in [0.05, 0.1) is 12.2 Å². The molecule has 1 nitrogen and oxygen atoms in total. The Hall–Kier alpha value is -2.21. The molecule has 27 heavy (non-hydrogen) atoms. The van der Waals surface area contributed by atoms with Gasteiger partial charge in [0, 0.05) is 11.1 Å². The molecular weight excluding hydrogens is 363 g/mol. The van der Waals surface area contributed by atoms with Crippen molar-refractivity contribution in [1.29, 1.82) is 0 Å². The lowest BCUT2D eigenvalue weighted by molar-refractivity contribution is 0.0396. The molecule has 0 aromatic heterocycles. The van der Waals surface area contributed by atoms with Crippen LogP contribution in [0.1, 0.15) is 55.4 Å². The zero-order valence-electron chi connectivity index (χ0n) is 14.7. The van der Waals surface area contributed by atoms with Gasteiger partial charge in [0.15, 0.2) is 29.1 Å². The van der Waals surface area contributed by atoms with E-state index in [4.69, 9.17) is 4.74 Å². The highest BCUT2D eigenvalue weighted by molar-refractivity contribution is 5.83. The molecule has 6 heteroatoms. The minimum atomic E-state index is -1.73. The first-order valence-electron chi connectivity index (χ1n) is 8.86. The first-order valence-corrected chi connectivity index (χ1v) is 8.86. The van der Waals surface area contributed by atoms with E-state index >= 15 is 0 Å². The predicted octanol–water partition coefficient (Wildman–Crippen LogP) is 6.89. The normalized spacial score (nSPS) is 20.7. The molecule has 0 N–H and O–H groups in total. The van der Waals surface area contributed by atoms with E-state index in [1.807, 2.05) is 0 Å². The van der Waals surface area contributed by atoms with Crippen LogP contribution in [0.2, 0.25) is 0 Å². The summed E-state index contributed by atoms with van der Waals surface area (Å²) in [4.78, 5) is 0. The number of ether oxygens (including phenoxy) is 1. The van der Waals surface area contributed by atoms with Crippen LogP contribution in [0, 0.1) is 17.5 Å². The van der Waals surface area contributed by atoms with Crippen molar-refractivity contribution in [2.45, 2.75) is 44.8 Å². The van der Waals surface area contributed by atoms with Crippen molar-refractivity contribution in [1.82, 2.24) is 0 Å². The van der Waals surface area contributed by atoms with Crippen LogP contribution in [0.4, 0.5) is 22.0 Å². The Bertz CT molecular complexity index is 821. The smallest absolute Gasteiger partial charge is 0.194 e. The van der Waals surface area contributed by atoms with Crippen molar-refractivity contribution in [3.8, 4) is 0 Å². The fourth-order valence-corrected chi connectivity index (χ4v) is 3.27. The fourth-order valence-electron chi connectivity index (χ4n) is 3.27. The molecule has 2 aromatic rings. The summed E-state index contributed by atoms with van der Waals surface area (Å²) in [7, 11) is 0. The maximum absolute atomic E-state index is 14.4. The Kier molecular flexibility index (Phi) is 5.95. The van der Waals surface area contributed by atoms with Crippen molar-refractivity contribution in [3.63, 3.8) is 0 Å². The first kappa shape index (κ1) is 19.5. The maximum Gasteiger partial charge on any atom is 0.194 e. The van der Waals surface area contributed by atoms with Crippen LogP contribution in [-0.2, 0) is 4.74 Å². The molecule has 1 aliphatic heterocycles. The van der Waals surface area contributed by atoms with Crippen molar-refractivity contribution in [2.75, 3.05) is 0 Å². The number of hydrogen-bond acceptors (Lipinski definition) is 1. The molecule has 0 amide bonds. The summed E-state index contributed by atoms with van der Waals surface area (Å²) in [5.41, 5.74) is 0.0865. The Morgan fingerprint density at radius 3 is 2.11 bits per heavy atom. The largest absolute Gasteiger partial charge is 0.370 e. The molecule has 0 bridgehead atoms. The Morgan fingerprint density at radius 1 is 0.926 bits per heavy atom. The van der Waals surface area contributed by atoms with E-state index in [-0.39, 0.29) is 17.8 Å².